The van der Waals surface area contributed by atoms with Gasteiger partial charge in [0, 0.05) is 44.2 Å². The first-order valence-corrected chi connectivity index (χ1v) is 9.37. The van der Waals surface area contributed by atoms with Gasteiger partial charge >= 0.3 is 0 Å². The second-order valence-corrected chi connectivity index (χ2v) is 6.99. The molecule has 0 saturated carbocycles. The number of carbonyl (C=O) groups excluding carboxylic acids is 1. The molecule has 0 aliphatic carbocycles. The number of aryl methyl sites for hydroxylation is 1. The van der Waals surface area contributed by atoms with E-state index in [1.165, 1.54) is 5.56 Å². The summed E-state index contributed by atoms with van der Waals surface area (Å²) in [5, 5.41) is 0.750. The molecule has 2 aromatic rings. The van der Waals surface area contributed by atoms with Crippen molar-refractivity contribution in [1.29, 1.82) is 0 Å². The number of nitrogens with zero attached hydrogens (tertiary/aromatic N) is 2. The Morgan fingerprint density at radius 3 is 2.48 bits per heavy atom. The van der Waals surface area contributed by atoms with Crippen LogP contribution in [0.2, 0.25) is 5.02 Å². The van der Waals surface area contributed by atoms with E-state index in [4.69, 9.17) is 11.6 Å². The predicted molar refractivity (Wildman–Crippen MR) is 103 cm³/mol. The maximum Gasteiger partial charge on any atom is 0.222 e. The summed E-state index contributed by atoms with van der Waals surface area (Å²) >= 11 is 6.18. The van der Waals surface area contributed by atoms with Crippen LogP contribution in [0.5, 0.6) is 0 Å². The zero-order valence-corrected chi connectivity index (χ0v) is 15.3. The van der Waals surface area contributed by atoms with Crippen molar-refractivity contribution in [3.8, 4) is 0 Å². The summed E-state index contributed by atoms with van der Waals surface area (Å²) in [6.07, 6.45) is 2.27. The lowest BCUT2D eigenvalue weighted by Crippen LogP contribution is -2.35. The highest BCUT2D eigenvalue weighted by Crippen LogP contribution is 2.17. The van der Waals surface area contributed by atoms with Crippen LogP contribution < -0.4 is 0 Å². The Kier molecular flexibility index (Phi) is 6.48. The van der Waals surface area contributed by atoms with Gasteiger partial charge in [0.1, 0.15) is 0 Å². The fourth-order valence-corrected chi connectivity index (χ4v) is 3.55. The van der Waals surface area contributed by atoms with E-state index < -0.39 is 0 Å². The Morgan fingerprint density at radius 2 is 1.68 bits per heavy atom. The highest BCUT2D eigenvalue weighted by Gasteiger charge is 2.19. The predicted octanol–water partition coefficient (Wildman–Crippen LogP) is 4.01. The van der Waals surface area contributed by atoms with Crippen LogP contribution in [0.3, 0.4) is 0 Å². The highest BCUT2D eigenvalue weighted by atomic mass is 35.5. The molecule has 0 radical (unpaired) electrons. The molecule has 3 rings (SSSR count). The van der Waals surface area contributed by atoms with E-state index in [-0.39, 0.29) is 5.91 Å². The first-order valence-electron chi connectivity index (χ1n) is 9.00. The standard InChI is InChI=1S/C21H25ClN2O/c22-20-10-5-4-9-19(20)11-12-21(25)24-14-6-13-23(15-16-24)17-18-7-2-1-3-8-18/h1-5,7-10H,6,11-17H2. The van der Waals surface area contributed by atoms with Crippen LogP contribution in [0.4, 0.5) is 0 Å². The van der Waals surface area contributed by atoms with E-state index in [1.54, 1.807) is 0 Å². The molecular weight excluding hydrogens is 332 g/mol. The molecule has 0 bridgehead atoms. The zero-order valence-electron chi connectivity index (χ0n) is 14.5. The van der Waals surface area contributed by atoms with Gasteiger partial charge in [-0.05, 0) is 30.0 Å². The second-order valence-electron chi connectivity index (χ2n) is 6.59. The Hall–Kier alpha value is -1.84. The van der Waals surface area contributed by atoms with Crippen molar-refractivity contribution in [2.75, 3.05) is 26.2 Å². The second kappa shape index (κ2) is 9.02. The molecule has 1 aliphatic heterocycles. The number of carbonyl (C=O) groups is 1. The third-order valence-electron chi connectivity index (χ3n) is 4.76. The van der Waals surface area contributed by atoms with Crippen LogP contribution in [-0.2, 0) is 17.8 Å². The highest BCUT2D eigenvalue weighted by molar-refractivity contribution is 6.31. The molecule has 1 heterocycles. The summed E-state index contributed by atoms with van der Waals surface area (Å²) < 4.78 is 0. The molecule has 0 unspecified atom stereocenters. The smallest absolute Gasteiger partial charge is 0.222 e. The Bertz CT molecular complexity index is 689. The van der Waals surface area contributed by atoms with Crippen molar-refractivity contribution in [3.63, 3.8) is 0 Å². The largest absolute Gasteiger partial charge is 0.341 e. The maximum atomic E-state index is 12.6. The number of halogens is 1. The normalized spacial score (nSPS) is 15.8. The van der Waals surface area contributed by atoms with E-state index in [0.29, 0.717) is 12.8 Å². The summed E-state index contributed by atoms with van der Waals surface area (Å²) in [4.78, 5) is 17.0. The van der Waals surface area contributed by atoms with Crippen molar-refractivity contribution < 1.29 is 4.79 Å². The average Bonchev–Trinajstić information content (AvgIpc) is 2.87. The molecule has 0 atom stereocenters. The molecule has 4 heteroatoms. The first-order chi connectivity index (χ1) is 12.2. The molecule has 1 aliphatic rings. The lowest BCUT2D eigenvalue weighted by Gasteiger charge is -2.22. The quantitative estimate of drug-likeness (QED) is 0.808. The van der Waals surface area contributed by atoms with Gasteiger partial charge in [0.2, 0.25) is 5.91 Å². The minimum Gasteiger partial charge on any atom is -0.341 e. The summed E-state index contributed by atoms with van der Waals surface area (Å²) in [5.41, 5.74) is 2.39. The van der Waals surface area contributed by atoms with Crippen molar-refractivity contribution in [2.45, 2.75) is 25.8 Å². The number of benzene rings is 2. The SMILES string of the molecule is O=C(CCc1ccccc1Cl)N1CCCN(Cc2ccccc2)CC1. The van der Waals surface area contributed by atoms with E-state index in [0.717, 1.165) is 49.7 Å². The van der Waals surface area contributed by atoms with Gasteiger partial charge in [0.15, 0.2) is 0 Å². The molecule has 0 spiro atoms. The molecule has 25 heavy (non-hydrogen) atoms. The lowest BCUT2D eigenvalue weighted by molar-refractivity contribution is -0.131. The first kappa shape index (κ1) is 18.0. The molecule has 2 aromatic carbocycles. The molecular formula is C21H25ClN2O. The fourth-order valence-electron chi connectivity index (χ4n) is 3.32. The molecule has 1 amide bonds. The van der Waals surface area contributed by atoms with Crippen molar-refractivity contribution in [1.82, 2.24) is 9.80 Å². The number of hydrogen-bond donors (Lipinski definition) is 0. The topological polar surface area (TPSA) is 23.6 Å². The van der Waals surface area contributed by atoms with Gasteiger partial charge in [-0.2, -0.15) is 0 Å². The van der Waals surface area contributed by atoms with Gasteiger partial charge < -0.3 is 4.90 Å². The van der Waals surface area contributed by atoms with Gasteiger partial charge in [0.25, 0.3) is 0 Å². The number of rotatable bonds is 5. The number of hydrogen-bond acceptors (Lipinski definition) is 2. The van der Waals surface area contributed by atoms with Crippen molar-refractivity contribution >= 4 is 17.5 Å². The van der Waals surface area contributed by atoms with E-state index in [9.17, 15) is 4.79 Å². The van der Waals surface area contributed by atoms with Crippen LogP contribution in [0, 0.1) is 0 Å². The van der Waals surface area contributed by atoms with Crippen LogP contribution in [0.15, 0.2) is 54.6 Å². The van der Waals surface area contributed by atoms with Gasteiger partial charge in [-0.15, -0.1) is 0 Å². The Morgan fingerprint density at radius 1 is 0.920 bits per heavy atom. The summed E-state index contributed by atoms with van der Waals surface area (Å²) in [5.74, 6) is 0.237. The molecule has 132 valence electrons. The van der Waals surface area contributed by atoms with Crippen LogP contribution >= 0.6 is 11.6 Å². The van der Waals surface area contributed by atoms with E-state index in [1.807, 2.05) is 35.2 Å². The average molecular weight is 357 g/mol. The van der Waals surface area contributed by atoms with Gasteiger partial charge in [-0.1, -0.05) is 60.1 Å². The minimum atomic E-state index is 0.237. The Balaban J connectivity index is 1.49. The molecule has 3 nitrogen and oxygen atoms in total. The van der Waals surface area contributed by atoms with E-state index >= 15 is 0 Å². The van der Waals surface area contributed by atoms with Gasteiger partial charge in [0.05, 0.1) is 0 Å². The third-order valence-corrected chi connectivity index (χ3v) is 5.12. The molecule has 0 aromatic heterocycles. The molecule has 1 fully saturated rings. The molecule has 1 saturated heterocycles. The fraction of sp³-hybridized carbons (Fsp3) is 0.381. The van der Waals surface area contributed by atoms with Crippen molar-refractivity contribution in [2.24, 2.45) is 0 Å². The summed E-state index contributed by atoms with van der Waals surface area (Å²) in [7, 11) is 0. The van der Waals surface area contributed by atoms with Crippen LogP contribution in [-0.4, -0.2) is 41.9 Å². The van der Waals surface area contributed by atoms with E-state index in [2.05, 4.69) is 29.2 Å². The number of amides is 1. The zero-order chi connectivity index (χ0) is 17.5. The monoisotopic (exact) mass is 356 g/mol. The van der Waals surface area contributed by atoms with Gasteiger partial charge in [-0.3, -0.25) is 9.69 Å². The van der Waals surface area contributed by atoms with Gasteiger partial charge in [-0.25, -0.2) is 0 Å². The maximum absolute atomic E-state index is 12.6. The van der Waals surface area contributed by atoms with Crippen molar-refractivity contribution in [3.05, 3.63) is 70.7 Å². The minimum absolute atomic E-state index is 0.237. The Labute approximate surface area is 155 Å². The van der Waals surface area contributed by atoms with Crippen LogP contribution in [0.1, 0.15) is 24.0 Å². The lowest BCUT2D eigenvalue weighted by atomic mass is 10.1. The van der Waals surface area contributed by atoms with Crippen LogP contribution in [0.25, 0.3) is 0 Å². The summed E-state index contributed by atoms with van der Waals surface area (Å²) in [6, 6.07) is 18.3. The molecule has 0 N–H and O–H groups in total. The summed E-state index contributed by atoms with van der Waals surface area (Å²) in [6.45, 7) is 4.61. The third kappa shape index (κ3) is 5.32.